The van der Waals surface area contributed by atoms with Crippen molar-refractivity contribution in [1.29, 1.82) is 0 Å². The number of nitrogens with two attached hydrogens (primary N) is 1. The van der Waals surface area contributed by atoms with Gasteiger partial charge in [-0.1, -0.05) is 13.8 Å². The van der Waals surface area contributed by atoms with Gasteiger partial charge < -0.3 is 15.5 Å². The smallest absolute Gasteiger partial charge is 0.222 e. The molecule has 0 spiro atoms. The van der Waals surface area contributed by atoms with Gasteiger partial charge in [-0.3, -0.25) is 4.79 Å². The molecule has 0 aromatic rings. The van der Waals surface area contributed by atoms with E-state index in [2.05, 4.69) is 18.7 Å². The van der Waals surface area contributed by atoms with Gasteiger partial charge in [0.2, 0.25) is 5.91 Å². The highest BCUT2D eigenvalue weighted by Crippen LogP contribution is 2.16. The predicted octanol–water partition coefficient (Wildman–Crippen LogP) is 0.526. The topological polar surface area (TPSA) is 49.6 Å². The molecule has 1 rings (SSSR count). The van der Waals surface area contributed by atoms with Gasteiger partial charge >= 0.3 is 0 Å². The Bertz CT molecular complexity index is 216. The van der Waals surface area contributed by atoms with Crippen LogP contribution in [0.25, 0.3) is 0 Å². The minimum absolute atomic E-state index is 0.287. The van der Waals surface area contributed by atoms with Gasteiger partial charge in [-0.15, -0.1) is 0 Å². The van der Waals surface area contributed by atoms with Crippen LogP contribution in [0.2, 0.25) is 0 Å². The molecule has 1 fully saturated rings. The van der Waals surface area contributed by atoms with Gasteiger partial charge in [-0.25, -0.2) is 0 Å². The molecule has 0 aliphatic carbocycles. The molecule has 4 heteroatoms. The lowest BCUT2D eigenvalue weighted by molar-refractivity contribution is -0.127. The summed E-state index contributed by atoms with van der Waals surface area (Å²) in [6.07, 6.45) is 1.73. The maximum atomic E-state index is 11.6. The van der Waals surface area contributed by atoms with Crippen molar-refractivity contribution < 1.29 is 4.79 Å². The minimum Gasteiger partial charge on any atom is -0.342 e. The van der Waals surface area contributed by atoms with E-state index < -0.39 is 0 Å². The number of likely N-dealkylation sites (tertiary alicyclic amines) is 1. The van der Waals surface area contributed by atoms with Gasteiger partial charge in [0, 0.05) is 19.5 Å². The van der Waals surface area contributed by atoms with E-state index in [0.717, 1.165) is 39.1 Å². The summed E-state index contributed by atoms with van der Waals surface area (Å²) < 4.78 is 0. The quantitative estimate of drug-likeness (QED) is 0.690. The Morgan fingerprint density at radius 3 is 2.62 bits per heavy atom. The van der Waals surface area contributed by atoms with Crippen LogP contribution >= 0.6 is 0 Å². The van der Waals surface area contributed by atoms with Gasteiger partial charge in [0.1, 0.15) is 0 Å². The Hall–Kier alpha value is -0.610. The van der Waals surface area contributed by atoms with Crippen LogP contribution in [0.1, 0.15) is 26.7 Å². The zero-order chi connectivity index (χ0) is 12.0. The van der Waals surface area contributed by atoms with Gasteiger partial charge in [-0.2, -0.15) is 0 Å². The Balaban J connectivity index is 2.20. The molecule has 1 aliphatic heterocycles. The van der Waals surface area contributed by atoms with E-state index in [1.54, 1.807) is 0 Å². The Morgan fingerprint density at radius 2 is 2.12 bits per heavy atom. The maximum Gasteiger partial charge on any atom is 0.222 e. The van der Waals surface area contributed by atoms with Crippen LogP contribution in [0.3, 0.4) is 0 Å². The fraction of sp³-hybridized carbons (Fsp3) is 0.917. The third-order valence-electron chi connectivity index (χ3n) is 3.42. The van der Waals surface area contributed by atoms with E-state index >= 15 is 0 Å². The maximum absolute atomic E-state index is 11.6. The molecule has 0 aromatic heterocycles. The van der Waals surface area contributed by atoms with Crippen LogP contribution < -0.4 is 5.73 Å². The summed E-state index contributed by atoms with van der Waals surface area (Å²) in [5.74, 6) is 0.677. The monoisotopic (exact) mass is 227 g/mol. The first-order chi connectivity index (χ1) is 7.71. The standard InChI is InChI=1S/C12H25N3O/c1-3-14(4-2)6-5-7-15-10-11(9-13)8-12(15)16/h11H,3-10,13H2,1-2H3. The number of nitrogens with zero attached hydrogens (tertiary/aromatic N) is 2. The van der Waals surface area contributed by atoms with Crippen LogP contribution in [0.15, 0.2) is 0 Å². The van der Waals surface area contributed by atoms with E-state index in [1.807, 2.05) is 4.90 Å². The first-order valence-electron chi connectivity index (χ1n) is 6.41. The molecule has 1 heterocycles. The normalized spacial score (nSPS) is 21.1. The molecule has 0 saturated carbocycles. The SMILES string of the molecule is CCN(CC)CCCN1CC(CN)CC1=O. The molecule has 4 nitrogen and oxygen atoms in total. The molecule has 1 unspecified atom stereocenters. The highest BCUT2D eigenvalue weighted by molar-refractivity contribution is 5.78. The summed E-state index contributed by atoms with van der Waals surface area (Å²) in [7, 11) is 0. The highest BCUT2D eigenvalue weighted by atomic mass is 16.2. The number of amides is 1. The van der Waals surface area contributed by atoms with Gasteiger partial charge in [0.15, 0.2) is 0 Å². The molecule has 1 saturated heterocycles. The van der Waals surface area contributed by atoms with Crippen LogP contribution in [-0.2, 0) is 4.79 Å². The highest BCUT2D eigenvalue weighted by Gasteiger charge is 2.27. The predicted molar refractivity (Wildman–Crippen MR) is 66.1 cm³/mol. The summed E-state index contributed by atoms with van der Waals surface area (Å²) >= 11 is 0. The lowest BCUT2D eigenvalue weighted by atomic mass is 10.1. The zero-order valence-electron chi connectivity index (χ0n) is 10.6. The lowest BCUT2D eigenvalue weighted by Gasteiger charge is -2.21. The van der Waals surface area contributed by atoms with Crippen molar-refractivity contribution in [2.75, 3.05) is 39.3 Å². The molecule has 1 aliphatic rings. The van der Waals surface area contributed by atoms with E-state index in [0.29, 0.717) is 18.9 Å². The van der Waals surface area contributed by atoms with Crippen LogP contribution in [0.5, 0.6) is 0 Å². The number of rotatable bonds is 7. The average Bonchev–Trinajstić information content (AvgIpc) is 2.66. The van der Waals surface area contributed by atoms with Crippen LogP contribution in [-0.4, -0.2) is 55.0 Å². The van der Waals surface area contributed by atoms with Gasteiger partial charge in [-0.05, 0) is 38.5 Å². The fourth-order valence-corrected chi connectivity index (χ4v) is 2.25. The third-order valence-corrected chi connectivity index (χ3v) is 3.42. The number of carbonyl (C=O) groups excluding carboxylic acids is 1. The summed E-state index contributed by atoms with van der Waals surface area (Å²) in [5, 5.41) is 0. The van der Waals surface area contributed by atoms with Crippen molar-refractivity contribution in [2.24, 2.45) is 11.7 Å². The molecule has 16 heavy (non-hydrogen) atoms. The second-order valence-electron chi connectivity index (χ2n) is 4.53. The molecule has 1 amide bonds. The van der Waals surface area contributed by atoms with Crippen molar-refractivity contribution in [3.63, 3.8) is 0 Å². The molecule has 2 N–H and O–H groups in total. The van der Waals surface area contributed by atoms with Crippen molar-refractivity contribution in [2.45, 2.75) is 26.7 Å². The van der Waals surface area contributed by atoms with Crippen molar-refractivity contribution in [3.05, 3.63) is 0 Å². The van der Waals surface area contributed by atoms with Crippen molar-refractivity contribution in [3.8, 4) is 0 Å². The first kappa shape index (κ1) is 13.5. The van der Waals surface area contributed by atoms with E-state index in [4.69, 9.17) is 5.73 Å². The third kappa shape index (κ3) is 3.76. The van der Waals surface area contributed by atoms with Gasteiger partial charge in [0.05, 0.1) is 0 Å². The minimum atomic E-state index is 0.287. The zero-order valence-corrected chi connectivity index (χ0v) is 10.6. The second kappa shape index (κ2) is 6.86. The average molecular weight is 227 g/mol. The van der Waals surface area contributed by atoms with Crippen LogP contribution in [0, 0.1) is 5.92 Å². The number of hydrogen-bond acceptors (Lipinski definition) is 3. The Labute approximate surface area is 98.8 Å². The largest absolute Gasteiger partial charge is 0.342 e. The number of hydrogen-bond donors (Lipinski definition) is 1. The Morgan fingerprint density at radius 1 is 1.44 bits per heavy atom. The molecular weight excluding hydrogens is 202 g/mol. The molecule has 1 atom stereocenters. The summed E-state index contributed by atoms with van der Waals surface area (Å²) in [4.78, 5) is 16.0. The van der Waals surface area contributed by atoms with E-state index in [1.165, 1.54) is 0 Å². The first-order valence-corrected chi connectivity index (χ1v) is 6.41. The van der Waals surface area contributed by atoms with Crippen molar-refractivity contribution >= 4 is 5.91 Å². The number of carbonyl (C=O) groups is 1. The lowest BCUT2D eigenvalue weighted by Crippen LogP contribution is -2.31. The van der Waals surface area contributed by atoms with Crippen LogP contribution in [0.4, 0.5) is 0 Å². The van der Waals surface area contributed by atoms with Crippen molar-refractivity contribution in [1.82, 2.24) is 9.80 Å². The van der Waals surface area contributed by atoms with Gasteiger partial charge in [0.25, 0.3) is 0 Å². The molecule has 0 aromatic carbocycles. The molecule has 0 radical (unpaired) electrons. The fourth-order valence-electron chi connectivity index (χ4n) is 2.25. The molecule has 0 bridgehead atoms. The van der Waals surface area contributed by atoms with E-state index in [9.17, 15) is 4.79 Å². The summed E-state index contributed by atoms with van der Waals surface area (Å²) in [6, 6.07) is 0. The second-order valence-corrected chi connectivity index (χ2v) is 4.53. The Kier molecular flexibility index (Phi) is 5.77. The molecule has 94 valence electrons. The summed E-state index contributed by atoms with van der Waals surface area (Å²) in [6.45, 7) is 10.0. The summed E-state index contributed by atoms with van der Waals surface area (Å²) in [5.41, 5.74) is 5.59. The van der Waals surface area contributed by atoms with E-state index in [-0.39, 0.29) is 5.91 Å². The molecular formula is C12H25N3O.